The number of tetrazole rings is 1. The Kier molecular flexibility index (Phi) is 3.06. The molecule has 18 heavy (non-hydrogen) atoms. The van der Waals surface area contributed by atoms with E-state index in [9.17, 15) is 0 Å². The van der Waals surface area contributed by atoms with E-state index in [4.69, 9.17) is 0 Å². The van der Waals surface area contributed by atoms with Gasteiger partial charge in [-0.1, -0.05) is 18.2 Å². The van der Waals surface area contributed by atoms with E-state index in [1.54, 1.807) is 0 Å². The maximum Gasteiger partial charge on any atom is 0.158 e. The summed E-state index contributed by atoms with van der Waals surface area (Å²) in [4.78, 5) is 0. The Morgan fingerprint density at radius 3 is 3.06 bits per heavy atom. The molecule has 2 aromatic rings. The molecule has 0 aliphatic carbocycles. The van der Waals surface area contributed by atoms with E-state index in [0.29, 0.717) is 6.04 Å². The van der Waals surface area contributed by atoms with Gasteiger partial charge in [-0.05, 0) is 48.4 Å². The van der Waals surface area contributed by atoms with E-state index >= 15 is 0 Å². The highest BCUT2D eigenvalue weighted by molar-refractivity contribution is 5.39. The van der Waals surface area contributed by atoms with Crippen molar-refractivity contribution in [2.24, 2.45) is 0 Å². The zero-order valence-electron chi connectivity index (χ0n) is 10.5. The minimum Gasteiger partial charge on any atom is -0.314 e. The number of benzene rings is 1. The monoisotopic (exact) mass is 243 g/mol. The first-order chi connectivity index (χ1) is 8.84. The molecular weight excluding hydrogens is 226 g/mol. The van der Waals surface area contributed by atoms with Crippen LogP contribution in [0.5, 0.6) is 0 Å². The molecule has 94 valence electrons. The first kappa shape index (κ1) is 11.3. The molecule has 1 saturated heterocycles. The van der Waals surface area contributed by atoms with Crippen molar-refractivity contribution in [2.45, 2.75) is 32.2 Å². The number of hydrogen-bond acceptors (Lipinski definition) is 4. The molecule has 5 heteroatoms. The summed E-state index contributed by atoms with van der Waals surface area (Å²) >= 11 is 0. The maximum absolute atomic E-state index is 4.16. The largest absolute Gasteiger partial charge is 0.314 e. The van der Waals surface area contributed by atoms with Crippen molar-refractivity contribution in [2.75, 3.05) is 6.54 Å². The Balaban J connectivity index is 1.89. The summed E-state index contributed by atoms with van der Waals surface area (Å²) in [5, 5.41) is 15.6. The van der Waals surface area contributed by atoms with Gasteiger partial charge in [-0.3, -0.25) is 0 Å². The molecule has 1 aliphatic rings. The van der Waals surface area contributed by atoms with Gasteiger partial charge in [-0.15, -0.1) is 5.10 Å². The summed E-state index contributed by atoms with van der Waals surface area (Å²) in [5.41, 5.74) is 2.25. The molecule has 0 saturated carbocycles. The second-order valence-corrected chi connectivity index (χ2v) is 4.79. The van der Waals surface area contributed by atoms with Crippen molar-refractivity contribution in [3.05, 3.63) is 35.7 Å². The topological polar surface area (TPSA) is 55.6 Å². The average molecular weight is 243 g/mol. The van der Waals surface area contributed by atoms with Gasteiger partial charge in [0.05, 0.1) is 5.69 Å². The summed E-state index contributed by atoms with van der Waals surface area (Å²) in [6.07, 6.45) is 3.35. The molecular formula is C13H17N5. The van der Waals surface area contributed by atoms with Crippen molar-refractivity contribution in [1.29, 1.82) is 0 Å². The second-order valence-electron chi connectivity index (χ2n) is 4.79. The van der Waals surface area contributed by atoms with Gasteiger partial charge in [-0.2, -0.15) is 4.68 Å². The SMILES string of the molecule is Cc1ccccc1-n1nnnc1CC1CCCN1. The van der Waals surface area contributed by atoms with E-state index in [1.165, 1.54) is 18.4 Å². The summed E-state index contributed by atoms with van der Waals surface area (Å²) in [7, 11) is 0. The molecule has 1 aromatic heterocycles. The van der Waals surface area contributed by atoms with E-state index in [1.807, 2.05) is 16.8 Å². The molecule has 1 aliphatic heterocycles. The van der Waals surface area contributed by atoms with Gasteiger partial charge in [0.2, 0.25) is 0 Å². The van der Waals surface area contributed by atoms with Crippen LogP contribution in [0.25, 0.3) is 5.69 Å². The van der Waals surface area contributed by atoms with Crippen molar-refractivity contribution in [3.63, 3.8) is 0 Å². The third kappa shape index (κ3) is 2.13. The lowest BCUT2D eigenvalue weighted by molar-refractivity contribution is 0.575. The van der Waals surface area contributed by atoms with Crippen LogP contribution in [0.2, 0.25) is 0 Å². The Bertz CT molecular complexity index is 528. The van der Waals surface area contributed by atoms with E-state index < -0.39 is 0 Å². The highest BCUT2D eigenvalue weighted by atomic mass is 15.5. The number of aryl methyl sites for hydroxylation is 1. The van der Waals surface area contributed by atoms with Crippen molar-refractivity contribution >= 4 is 0 Å². The van der Waals surface area contributed by atoms with Crippen LogP contribution >= 0.6 is 0 Å². The predicted molar refractivity (Wildman–Crippen MR) is 68.6 cm³/mol. The smallest absolute Gasteiger partial charge is 0.158 e. The molecule has 0 amide bonds. The fraction of sp³-hybridized carbons (Fsp3) is 0.462. The zero-order chi connectivity index (χ0) is 12.4. The van der Waals surface area contributed by atoms with E-state index in [0.717, 1.165) is 24.5 Å². The van der Waals surface area contributed by atoms with Crippen molar-refractivity contribution in [3.8, 4) is 5.69 Å². The lowest BCUT2D eigenvalue weighted by Gasteiger charge is -2.11. The molecule has 0 bridgehead atoms. The number of para-hydroxylation sites is 1. The van der Waals surface area contributed by atoms with Crippen LogP contribution in [0, 0.1) is 6.92 Å². The molecule has 2 heterocycles. The zero-order valence-corrected chi connectivity index (χ0v) is 10.5. The normalized spacial score (nSPS) is 19.3. The summed E-state index contributed by atoms with van der Waals surface area (Å²) in [6.45, 7) is 3.19. The molecule has 1 fully saturated rings. The highest BCUT2D eigenvalue weighted by Gasteiger charge is 2.19. The average Bonchev–Trinajstić information content (AvgIpc) is 3.02. The summed E-state index contributed by atoms with van der Waals surface area (Å²) in [6, 6.07) is 8.69. The first-order valence-electron chi connectivity index (χ1n) is 6.41. The van der Waals surface area contributed by atoms with Crippen LogP contribution < -0.4 is 5.32 Å². The number of hydrogen-bond donors (Lipinski definition) is 1. The number of nitrogens with zero attached hydrogens (tertiary/aromatic N) is 4. The van der Waals surface area contributed by atoms with E-state index in [-0.39, 0.29) is 0 Å². The second kappa shape index (κ2) is 4.86. The van der Waals surface area contributed by atoms with Crippen molar-refractivity contribution < 1.29 is 0 Å². The summed E-state index contributed by atoms with van der Waals surface area (Å²) < 4.78 is 1.86. The van der Waals surface area contributed by atoms with Crippen molar-refractivity contribution in [1.82, 2.24) is 25.5 Å². The Morgan fingerprint density at radius 2 is 2.28 bits per heavy atom. The third-order valence-corrected chi connectivity index (χ3v) is 3.47. The van der Waals surface area contributed by atoms with Gasteiger partial charge in [0.15, 0.2) is 5.82 Å². The Morgan fingerprint density at radius 1 is 1.39 bits per heavy atom. The Labute approximate surface area is 106 Å². The molecule has 1 N–H and O–H groups in total. The van der Waals surface area contributed by atoms with Gasteiger partial charge in [-0.25, -0.2) is 0 Å². The molecule has 1 aromatic carbocycles. The lowest BCUT2D eigenvalue weighted by Crippen LogP contribution is -2.25. The lowest BCUT2D eigenvalue weighted by atomic mass is 10.1. The first-order valence-corrected chi connectivity index (χ1v) is 6.41. The molecule has 1 unspecified atom stereocenters. The van der Waals surface area contributed by atoms with Crippen LogP contribution in [0.4, 0.5) is 0 Å². The van der Waals surface area contributed by atoms with Gasteiger partial charge < -0.3 is 5.32 Å². The number of nitrogens with one attached hydrogen (secondary N) is 1. The van der Waals surface area contributed by atoms with Crippen LogP contribution in [-0.2, 0) is 6.42 Å². The molecule has 3 rings (SSSR count). The molecule has 5 nitrogen and oxygen atoms in total. The van der Waals surface area contributed by atoms with Gasteiger partial charge in [0.25, 0.3) is 0 Å². The minimum atomic E-state index is 0.513. The maximum atomic E-state index is 4.16. The fourth-order valence-electron chi connectivity index (χ4n) is 2.47. The standard InChI is InChI=1S/C13H17N5/c1-10-5-2-3-7-12(10)18-13(15-16-17-18)9-11-6-4-8-14-11/h2-3,5,7,11,14H,4,6,8-9H2,1H3. The van der Waals surface area contributed by atoms with E-state index in [2.05, 4.69) is 39.9 Å². The molecule has 0 radical (unpaired) electrons. The number of rotatable bonds is 3. The minimum absolute atomic E-state index is 0.513. The summed E-state index contributed by atoms with van der Waals surface area (Å²) in [5.74, 6) is 0.934. The van der Waals surface area contributed by atoms with Crippen LogP contribution in [-0.4, -0.2) is 32.8 Å². The molecule has 1 atom stereocenters. The fourth-order valence-corrected chi connectivity index (χ4v) is 2.47. The quantitative estimate of drug-likeness (QED) is 0.882. The van der Waals surface area contributed by atoms with Gasteiger partial charge >= 0.3 is 0 Å². The van der Waals surface area contributed by atoms with Gasteiger partial charge in [0, 0.05) is 12.5 Å². The number of aromatic nitrogens is 4. The third-order valence-electron chi connectivity index (χ3n) is 3.47. The van der Waals surface area contributed by atoms with Gasteiger partial charge in [0.1, 0.15) is 0 Å². The molecule has 0 spiro atoms. The Hall–Kier alpha value is -1.75. The predicted octanol–water partition coefficient (Wildman–Crippen LogP) is 1.27. The highest BCUT2D eigenvalue weighted by Crippen LogP contribution is 2.16. The van der Waals surface area contributed by atoms with Crippen LogP contribution in [0.15, 0.2) is 24.3 Å². The van der Waals surface area contributed by atoms with Crippen LogP contribution in [0.3, 0.4) is 0 Å². The van der Waals surface area contributed by atoms with Crippen LogP contribution in [0.1, 0.15) is 24.2 Å².